The lowest BCUT2D eigenvalue weighted by molar-refractivity contribution is 0.0582. The SMILES string of the molecule is COC(=O)c1cn(Cc2ccc3c(-c4ccc(F)cc4)cc(C(N)=O)nc3c2)cn1.COC(=O)c1cncn1Cc1ccc2c(-c3ccc(F)cc3)cc(C(N)=O)nc2c1.NC(=O)c1cc(-c2ccc(F)cc2)c2ccc(Cn3cc(C(=O)O)nn3)cc2n1.NC(=O)c1cc(-c2ccc(F)cc2)c2ccc(Cn3ccnc3)cc2n1.NC(=O)c1cc(-c2ccc(F)cc2)c2ccc(Cn3cnc(Br)c3)cc2n1. The largest absolute Gasteiger partial charge is 0.476 e. The second-order valence-electron chi connectivity index (χ2n) is 31.9. The highest BCUT2D eigenvalue weighted by molar-refractivity contribution is 9.10. The van der Waals surface area contributed by atoms with Crippen LogP contribution in [-0.2, 0) is 42.2 Å². The fourth-order valence-corrected chi connectivity index (χ4v) is 15.9. The lowest BCUT2D eigenvalue weighted by Crippen LogP contribution is -2.13. The van der Waals surface area contributed by atoms with E-state index in [1.807, 2.05) is 106 Å². The second kappa shape index (κ2) is 42.6. The van der Waals surface area contributed by atoms with E-state index in [-0.39, 0.29) is 75.5 Å². The number of carboxylic acid groups (broad SMARTS) is 1. The molecule has 10 aromatic heterocycles. The zero-order chi connectivity index (χ0) is 100. The molecule has 706 valence electrons. The Bertz CT molecular complexity index is 8250. The predicted octanol–water partition coefficient (Wildman–Crippen LogP) is 16.4. The lowest BCUT2D eigenvalue weighted by atomic mass is 9.98. The van der Waals surface area contributed by atoms with E-state index in [4.69, 9.17) is 38.5 Å². The number of benzene rings is 10. The third kappa shape index (κ3) is 22.9. The Kier molecular flexibility index (Phi) is 28.9. The van der Waals surface area contributed by atoms with Crippen LogP contribution in [0.25, 0.3) is 110 Å². The van der Waals surface area contributed by atoms with Crippen molar-refractivity contribution in [1.82, 2.24) is 78.1 Å². The number of carbonyl (C=O) groups is 8. The first-order valence-electron chi connectivity index (χ1n) is 42.8. The number of carbonyl (C=O) groups excluding carboxylic acids is 7. The first kappa shape index (κ1) is 96.2. The summed E-state index contributed by atoms with van der Waals surface area (Å²) in [7, 11) is 2.60. The Labute approximate surface area is 809 Å². The second-order valence-corrected chi connectivity index (χ2v) is 32.7. The molecule has 10 heterocycles. The van der Waals surface area contributed by atoms with E-state index in [1.165, 1.54) is 105 Å². The van der Waals surface area contributed by atoms with Crippen LogP contribution < -0.4 is 28.7 Å². The summed E-state index contributed by atoms with van der Waals surface area (Å²) in [6.45, 7) is 2.32. The molecule has 11 N–H and O–H groups in total. The number of fused-ring (bicyclic) bond motifs is 5. The van der Waals surface area contributed by atoms with Crippen LogP contribution in [0.2, 0.25) is 0 Å². The quantitative estimate of drug-likeness (QED) is 0.0256. The Morgan fingerprint density at radius 3 is 0.951 bits per heavy atom. The summed E-state index contributed by atoms with van der Waals surface area (Å²) in [4.78, 5) is 131. The number of carboxylic acids is 1. The molecule has 0 aliphatic heterocycles. The van der Waals surface area contributed by atoms with Crippen molar-refractivity contribution >= 4 is 118 Å². The molecular formula is C104H77BrF5N21O11. The zero-order valence-corrected chi connectivity index (χ0v) is 76.3. The number of nitrogens with two attached hydrogens (primary N) is 5. The standard InChI is InChI=1S/2C22H17FN4O3.C20H14BrFN4O.C20H14FN5O3.C20H15FN4O/c1-30-22(29)20-10-25-12-27(20)11-13-2-7-16-17(14-3-5-15(23)6-4-14)9-19(21(24)28)26-18(16)8-13;1-30-22(29)20-11-27(12-25-20)10-13-2-7-16-17(14-3-5-15(23)6-4-14)9-19(21(24)28)26-18(16)8-13;21-19-10-26(11-24-19)9-12-1-6-15-16(13-2-4-14(22)5-3-13)8-18(20(23)27)25-17(15)7-12;21-13-4-2-12(3-5-13)15-8-17(19(22)27)23-16-7-11(1-6-14(15)16)9-26-10-18(20(28)29)24-25-26;21-15-4-2-14(3-5-15)17-10-19(20(22)26)24-18-9-13(1-6-16(17)18)11-25-8-7-23-12-25/h2-10,12H,11H2,1H3,(H2,24,28);2-9,11-12H,10H2,1H3,(H2,24,28);1-8,10-11H,9H2,(H2,23,27);1-8,10H,9H2,(H2,22,27)(H,28,29);1-10,12H,11H2,(H2,22,26). The zero-order valence-electron chi connectivity index (χ0n) is 74.7. The molecule has 5 amide bonds. The average Bonchev–Trinajstić information content (AvgIpc) is 1.32. The molecule has 0 aliphatic rings. The summed E-state index contributed by atoms with van der Waals surface area (Å²) in [6.07, 6.45) is 16.4. The molecule has 20 rings (SSSR count). The highest BCUT2D eigenvalue weighted by Gasteiger charge is 2.22. The fourth-order valence-electron chi connectivity index (χ4n) is 15.5. The monoisotopic (exact) mass is 1970 g/mol. The summed E-state index contributed by atoms with van der Waals surface area (Å²) in [5, 5.41) is 20.4. The number of ether oxygens (including phenoxy) is 2. The van der Waals surface area contributed by atoms with Crippen LogP contribution in [0.15, 0.2) is 310 Å². The third-order valence-electron chi connectivity index (χ3n) is 22.3. The molecule has 0 aliphatic carbocycles. The van der Waals surface area contributed by atoms with Crippen LogP contribution in [0.3, 0.4) is 0 Å². The van der Waals surface area contributed by atoms with Gasteiger partial charge < -0.3 is 61.5 Å². The summed E-state index contributed by atoms with van der Waals surface area (Å²) in [5.41, 5.74) is 43.3. The molecule has 0 bridgehead atoms. The van der Waals surface area contributed by atoms with Gasteiger partial charge in [0.25, 0.3) is 29.5 Å². The van der Waals surface area contributed by atoms with E-state index in [0.29, 0.717) is 65.0 Å². The van der Waals surface area contributed by atoms with E-state index in [2.05, 4.69) is 75.8 Å². The third-order valence-corrected chi connectivity index (χ3v) is 22.7. The summed E-state index contributed by atoms with van der Waals surface area (Å²) >= 11 is 3.33. The number of amides is 5. The van der Waals surface area contributed by atoms with Gasteiger partial charge in [-0.05, 0) is 221 Å². The van der Waals surface area contributed by atoms with Gasteiger partial charge in [-0.25, -0.2) is 85.9 Å². The number of aromatic carboxylic acids is 1. The van der Waals surface area contributed by atoms with Crippen molar-refractivity contribution in [2.75, 3.05) is 14.2 Å². The number of aromatic nitrogens is 16. The lowest BCUT2D eigenvalue weighted by Gasteiger charge is -2.11. The Balaban J connectivity index is 0.000000128. The molecule has 38 heteroatoms. The van der Waals surface area contributed by atoms with Crippen LogP contribution in [0.4, 0.5) is 22.0 Å². The number of halogens is 6. The highest BCUT2D eigenvalue weighted by Crippen LogP contribution is 2.37. The topological polar surface area (TPSA) is 472 Å². The van der Waals surface area contributed by atoms with E-state index in [1.54, 1.807) is 131 Å². The summed E-state index contributed by atoms with van der Waals surface area (Å²) < 4.78 is 85.4. The number of primary amides is 5. The van der Waals surface area contributed by atoms with Gasteiger partial charge in [0.1, 0.15) is 67.9 Å². The van der Waals surface area contributed by atoms with E-state index < -0.39 is 47.4 Å². The number of imidazole rings is 4. The first-order valence-corrected chi connectivity index (χ1v) is 43.6. The number of hydrogen-bond acceptors (Lipinski definition) is 21. The first-order chi connectivity index (χ1) is 68.4. The molecule has 142 heavy (non-hydrogen) atoms. The fraction of sp³-hybridized carbons (Fsp3) is 0.0673. The van der Waals surface area contributed by atoms with Crippen molar-refractivity contribution in [2.24, 2.45) is 28.7 Å². The van der Waals surface area contributed by atoms with Gasteiger partial charge in [0, 0.05) is 77.9 Å². The molecule has 0 fully saturated rings. The molecule has 32 nitrogen and oxygen atoms in total. The van der Waals surface area contributed by atoms with Crippen molar-refractivity contribution in [3.05, 3.63) is 412 Å². The van der Waals surface area contributed by atoms with Gasteiger partial charge in [0.05, 0.1) is 86.1 Å². The normalized spacial score (nSPS) is 10.9. The molecule has 10 aromatic carbocycles. The van der Waals surface area contributed by atoms with Gasteiger partial charge >= 0.3 is 17.9 Å². The number of rotatable bonds is 23. The number of esters is 2. The molecule has 0 saturated carbocycles. The van der Waals surface area contributed by atoms with Gasteiger partial charge in [-0.2, -0.15) is 0 Å². The number of hydrogen-bond donors (Lipinski definition) is 6. The van der Waals surface area contributed by atoms with E-state index in [9.17, 15) is 60.3 Å². The minimum absolute atomic E-state index is 0.0860. The minimum atomic E-state index is -1.16. The van der Waals surface area contributed by atoms with E-state index in [0.717, 1.165) is 109 Å². The number of methoxy groups -OCH3 is 2. The molecule has 0 atom stereocenters. The molecule has 0 unspecified atom stereocenters. The molecule has 0 spiro atoms. The van der Waals surface area contributed by atoms with Crippen LogP contribution in [0, 0.1) is 29.1 Å². The maximum absolute atomic E-state index is 13.3. The number of pyridine rings is 5. The van der Waals surface area contributed by atoms with Crippen molar-refractivity contribution in [1.29, 1.82) is 0 Å². The van der Waals surface area contributed by atoms with Gasteiger partial charge in [0.15, 0.2) is 11.4 Å². The van der Waals surface area contributed by atoms with Crippen LogP contribution in [-0.4, -0.2) is 145 Å². The maximum Gasteiger partial charge on any atom is 0.358 e. The van der Waals surface area contributed by atoms with Crippen LogP contribution >= 0.6 is 15.9 Å². The molecule has 20 aromatic rings. The van der Waals surface area contributed by atoms with Gasteiger partial charge in [0.2, 0.25) is 0 Å². The summed E-state index contributed by atoms with van der Waals surface area (Å²) in [6, 6.07) is 66.6. The van der Waals surface area contributed by atoms with Crippen molar-refractivity contribution < 1.29 is 74.9 Å². The van der Waals surface area contributed by atoms with Gasteiger partial charge in [-0.1, -0.05) is 127 Å². The maximum atomic E-state index is 13.3. The van der Waals surface area contributed by atoms with Crippen LogP contribution in [0.5, 0.6) is 0 Å². The van der Waals surface area contributed by atoms with Crippen LogP contribution in [0.1, 0.15) is 112 Å². The predicted molar refractivity (Wildman–Crippen MR) is 520 cm³/mol. The van der Waals surface area contributed by atoms with Crippen molar-refractivity contribution in [3.63, 3.8) is 0 Å². The highest BCUT2D eigenvalue weighted by atomic mass is 79.9. The molecular weight excluding hydrogens is 1890 g/mol. The van der Waals surface area contributed by atoms with E-state index >= 15 is 0 Å². The van der Waals surface area contributed by atoms with Crippen molar-refractivity contribution in [2.45, 2.75) is 32.7 Å². The Morgan fingerprint density at radius 2 is 0.655 bits per heavy atom. The van der Waals surface area contributed by atoms with Gasteiger partial charge in [-0.3, -0.25) is 24.0 Å². The Morgan fingerprint density at radius 1 is 0.338 bits per heavy atom. The summed E-state index contributed by atoms with van der Waals surface area (Å²) in [5.74, 6) is -7.04. The minimum Gasteiger partial charge on any atom is -0.476 e. The number of nitrogens with zero attached hydrogens (tertiary/aromatic N) is 16. The smallest absolute Gasteiger partial charge is 0.358 e. The van der Waals surface area contributed by atoms with Gasteiger partial charge in [-0.15, -0.1) is 5.10 Å². The Hall–Kier alpha value is -18.9. The molecule has 0 radical (unpaired) electrons. The molecule has 0 saturated heterocycles. The average molecular weight is 1970 g/mol. The van der Waals surface area contributed by atoms with Crippen molar-refractivity contribution in [3.8, 4) is 55.6 Å².